The highest BCUT2D eigenvalue weighted by atomic mass is 32.2. The first-order chi connectivity index (χ1) is 14.4. The number of aryl methyl sites for hydroxylation is 1. The van der Waals surface area contributed by atoms with E-state index < -0.39 is 15.9 Å². The molecule has 0 spiro atoms. The van der Waals surface area contributed by atoms with Gasteiger partial charge in [-0.15, -0.1) is 0 Å². The maximum absolute atomic E-state index is 12.2. The van der Waals surface area contributed by atoms with Crippen molar-refractivity contribution in [3.63, 3.8) is 0 Å². The smallest absolute Gasteiger partial charge is 0.262 e. The number of rotatable bonds is 8. The van der Waals surface area contributed by atoms with Gasteiger partial charge in [0.25, 0.3) is 5.91 Å². The minimum absolute atomic E-state index is 0.00518. The van der Waals surface area contributed by atoms with Crippen molar-refractivity contribution in [2.45, 2.75) is 17.9 Å². The summed E-state index contributed by atoms with van der Waals surface area (Å²) < 4.78 is 30.2. The Morgan fingerprint density at radius 2 is 2.03 bits per heavy atom. The van der Waals surface area contributed by atoms with Crippen LogP contribution in [0.1, 0.15) is 12.2 Å². The molecule has 30 heavy (non-hydrogen) atoms. The molecule has 2 aromatic heterocycles. The number of sulfonamides is 1. The van der Waals surface area contributed by atoms with E-state index in [-0.39, 0.29) is 10.5 Å². The lowest BCUT2D eigenvalue weighted by Gasteiger charge is -2.04. The zero-order valence-electron chi connectivity index (χ0n) is 15.9. The average Bonchev–Trinajstić information content (AvgIpc) is 3.41. The molecule has 9 nitrogen and oxygen atoms in total. The number of nitrogens with one attached hydrogen (secondary N) is 1. The first kappa shape index (κ1) is 21.0. The number of carbonyl (C=O) groups excluding carboxylic acids is 1. The summed E-state index contributed by atoms with van der Waals surface area (Å²) in [6.07, 6.45) is 7.26. The van der Waals surface area contributed by atoms with Crippen molar-refractivity contribution in [3.05, 3.63) is 66.5 Å². The number of nitrogens with two attached hydrogens (primary N) is 1. The average molecular weight is 425 g/mol. The third-order valence-corrected chi connectivity index (χ3v) is 5.11. The predicted octanol–water partition coefficient (Wildman–Crippen LogP) is 1.90. The Balaban J connectivity index is 1.62. The maximum atomic E-state index is 12.2. The van der Waals surface area contributed by atoms with Gasteiger partial charge in [0.2, 0.25) is 10.0 Å². The normalized spacial score (nSPS) is 11.8. The Hall–Kier alpha value is -3.68. The van der Waals surface area contributed by atoms with Gasteiger partial charge in [-0.2, -0.15) is 5.26 Å². The monoisotopic (exact) mass is 425 g/mol. The molecule has 1 amide bonds. The SMILES string of the molecule is N#CC(=Cc1ccc(-c2ccc(S(N)(=O)=O)cc2)o1)C(=O)NCCCn1ccnc1. The quantitative estimate of drug-likeness (QED) is 0.320. The molecular weight excluding hydrogens is 406 g/mol. The van der Waals surface area contributed by atoms with Crippen molar-refractivity contribution in [2.24, 2.45) is 5.14 Å². The molecular formula is C20H19N5O4S. The Bertz CT molecular complexity index is 1190. The number of hydrogen-bond acceptors (Lipinski definition) is 6. The predicted molar refractivity (Wildman–Crippen MR) is 109 cm³/mol. The molecule has 0 saturated heterocycles. The third-order valence-electron chi connectivity index (χ3n) is 4.18. The lowest BCUT2D eigenvalue weighted by molar-refractivity contribution is -0.117. The standard InChI is InChI=1S/C20H19N5O4S/c21-13-16(20(26)24-8-1-10-25-11-9-23-14-25)12-17-4-7-19(29-17)15-2-5-18(6-3-15)30(22,27)28/h2-7,9,11-12,14H,1,8,10H2,(H,24,26)(H2,22,27,28). The molecule has 0 unspecified atom stereocenters. The topological polar surface area (TPSA) is 144 Å². The van der Waals surface area contributed by atoms with E-state index in [1.54, 1.807) is 36.8 Å². The largest absolute Gasteiger partial charge is 0.457 e. The molecule has 0 radical (unpaired) electrons. The number of primary sulfonamides is 1. The molecule has 3 rings (SSSR count). The van der Waals surface area contributed by atoms with Gasteiger partial charge in [0.05, 0.1) is 11.2 Å². The highest BCUT2D eigenvalue weighted by Crippen LogP contribution is 2.24. The number of aromatic nitrogens is 2. The summed E-state index contributed by atoms with van der Waals surface area (Å²) >= 11 is 0. The van der Waals surface area contributed by atoms with Gasteiger partial charge in [0, 0.05) is 37.1 Å². The molecule has 0 fully saturated rings. The van der Waals surface area contributed by atoms with Crippen LogP contribution in [0.15, 0.2) is 70.0 Å². The van der Waals surface area contributed by atoms with Crippen LogP contribution in [0.25, 0.3) is 17.4 Å². The van der Waals surface area contributed by atoms with Gasteiger partial charge in [-0.25, -0.2) is 18.5 Å². The van der Waals surface area contributed by atoms with Crippen LogP contribution in [0.3, 0.4) is 0 Å². The minimum Gasteiger partial charge on any atom is -0.457 e. The van der Waals surface area contributed by atoms with E-state index in [1.165, 1.54) is 18.2 Å². The van der Waals surface area contributed by atoms with Crippen molar-refractivity contribution < 1.29 is 17.6 Å². The Morgan fingerprint density at radius 1 is 1.27 bits per heavy atom. The number of furan rings is 1. The second-order valence-electron chi connectivity index (χ2n) is 6.35. The third kappa shape index (κ3) is 5.44. The van der Waals surface area contributed by atoms with Crippen molar-refractivity contribution in [2.75, 3.05) is 6.54 Å². The Labute approximate surface area is 173 Å². The van der Waals surface area contributed by atoms with Crippen molar-refractivity contribution >= 4 is 22.0 Å². The number of nitriles is 1. The van der Waals surface area contributed by atoms with Crippen molar-refractivity contribution in [3.8, 4) is 17.4 Å². The second-order valence-corrected chi connectivity index (χ2v) is 7.91. The van der Waals surface area contributed by atoms with E-state index in [2.05, 4.69) is 10.3 Å². The zero-order chi connectivity index (χ0) is 21.6. The van der Waals surface area contributed by atoms with Crippen molar-refractivity contribution in [1.29, 1.82) is 5.26 Å². The van der Waals surface area contributed by atoms with Crippen LogP contribution >= 0.6 is 0 Å². The minimum atomic E-state index is -3.77. The second kappa shape index (κ2) is 9.21. The summed E-state index contributed by atoms with van der Waals surface area (Å²) in [5.74, 6) is 0.296. The Morgan fingerprint density at radius 3 is 2.67 bits per heavy atom. The van der Waals surface area contributed by atoms with Gasteiger partial charge >= 0.3 is 0 Å². The number of benzene rings is 1. The molecule has 3 aromatic rings. The highest BCUT2D eigenvalue weighted by Gasteiger charge is 2.12. The summed E-state index contributed by atoms with van der Waals surface area (Å²) in [5, 5.41) is 17.1. The first-order valence-corrected chi connectivity index (χ1v) is 10.5. The fraction of sp³-hybridized carbons (Fsp3) is 0.150. The zero-order valence-corrected chi connectivity index (χ0v) is 16.7. The van der Waals surface area contributed by atoms with E-state index in [9.17, 15) is 18.5 Å². The summed E-state index contributed by atoms with van der Waals surface area (Å²) in [6.45, 7) is 1.12. The van der Waals surface area contributed by atoms with Crippen LogP contribution in [0.2, 0.25) is 0 Å². The van der Waals surface area contributed by atoms with Gasteiger partial charge in [-0.1, -0.05) is 0 Å². The van der Waals surface area contributed by atoms with E-state index in [1.807, 2.05) is 16.8 Å². The highest BCUT2D eigenvalue weighted by molar-refractivity contribution is 7.89. The van der Waals surface area contributed by atoms with Crippen LogP contribution in [-0.4, -0.2) is 30.4 Å². The molecule has 0 atom stereocenters. The summed E-state index contributed by atoms with van der Waals surface area (Å²) in [4.78, 5) is 16.2. The van der Waals surface area contributed by atoms with Crippen LogP contribution in [0, 0.1) is 11.3 Å². The molecule has 10 heteroatoms. The molecule has 1 aromatic carbocycles. The molecule has 0 aliphatic carbocycles. The lowest BCUT2D eigenvalue weighted by atomic mass is 10.2. The lowest BCUT2D eigenvalue weighted by Crippen LogP contribution is -2.26. The molecule has 154 valence electrons. The number of amides is 1. The van der Waals surface area contributed by atoms with Gasteiger partial charge in [0.1, 0.15) is 23.2 Å². The van der Waals surface area contributed by atoms with Gasteiger partial charge in [-0.3, -0.25) is 4.79 Å². The number of imidazole rings is 1. The molecule has 0 saturated carbocycles. The van der Waals surface area contributed by atoms with Crippen LogP contribution in [-0.2, 0) is 21.4 Å². The fourth-order valence-electron chi connectivity index (χ4n) is 2.66. The van der Waals surface area contributed by atoms with E-state index in [0.717, 1.165) is 0 Å². The van der Waals surface area contributed by atoms with Gasteiger partial charge in [-0.05, 0) is 42.8 Å². The van der Waals surface area contributed by atoms with E-state index in [4.69, 9.17) is 9.56 Å². The molecule has 0 bridgehead atoms. The van der Waals surface area contributed by atoms with Gasteiger partial charge in [0.15, 0.2) is 0 Å². The molecule has 0 aliphatic rings. The summed E-state index contributed by atoms with van der Waals surface area (Å²) in [7, 11) is -3.77. The van der Waals surface area contributed by atoms with Gasteiger partial charge < -0.3 is 14.3 Å². The number of nitrogens with zero attached hydrogens (tertiary/aromatic N) is 3. The van der Waals surface area contributed by atoms with Crippen LogP contribution in [0.4, 0.5) is 0 Å². The van der Waals surface area contributed by atoms with Crippen LogP contribution in [0.5, 0.6) is 0 Å². The molecule has 3 N–H and O–H groups in total. The summed E-state index contributed by atoms with van der Waals surface area (Å²) in [5.41, 5.74) is 0.549. The molecule has 0 aliphatic heterocycles. The molecule has 2 heterocycles. The Kier molecular flexibility index (Phi) is 6.46. The number of carbonyl (C=O) groups is 1. The maximum Gasteiger partial charge on any atom is 0.262 e. The van der Waals surface area contributed by atoms with Crippen molar-refractivity contribution in [1.82, 2.24) is 14.9 Å². The number of hydrogen-bond donors (Lipinski definition) is 2. The fourth-order valence-corrected chi connectivity index (χ4v) is 3.18. The van der Waals surface area contributed by atoms with E-state index >= 15 is 0 Å². The van der Waals surface area contributed by atoms with E-state index in [0.29, 0.717) is 36.6 Å². The first-order valence-electron chi connectivity index (χ1n) is 8.95. The van der Waals surface area contributed by atoms with Crippen LogP contribution < -0.4 is 10.5 Å². The summed E-state index contributed by atoms with van der Waals surface area (Å²) in [6, 6.07) is 11.0.